The molecule has 2 heteroatoms. The lowest BCUT2D eigenvalue weighted by molar-refractivity contribution is -0.697. The van der Waals surface area contributed by atoms with Crippen molar-refractivity contribution < 1.29 is 4.57 Å². The van der Waals surface area contributed by atoms with E-state index in [1.54, 1.807) is 0 Å². The van der Waals surface area contributed by atoms with E-state index >= 15 is 0 Å². The number of unbranched alkanes of at least 4 members (excludes halogenated alkanes) is 13. The second-order valence-electron chi connectivity index (χ2n) is 8.33. The second-order valence-corrected chi connectivity index (χ2v) is 8.33. The molecule has 0 saturated heterocycles. The van der Waals surface area contributed by atoms with Crippen LogP contribution in [0, 0.1) is 0 Å². The van der Waals surface area contributed by atoms with Gasteiger partial charge < -0.3 is 0 Å². The van der Waals surface area contributed by atoms with E-state index in [1.165, 1.54) is 109 Å². The second kappa shape index (κ2) is 16.4. The van der Waals surface area contributed by atoms with Crippen LogP contribution in [0.1, 0.15) is 130 Å². The maximum Gasteiger partial charge on any atom is 0.243 e. The van der Waals surface area contributed by atoms with Gasteiger partial charge in [-0.05, 0) is 32.6 Å². The quantitative estimate of drug-likeness (QED) is 0.187. The Kier molecular flexibility index (Phi) is 14.7. The molecule has 2 nitrogen and oxygen atoms in total. The average Bonchev–Trinajstić information content (AvgIpc) is 3.12. The molecule has 26 heavy (non-hydrogen) atoms. The summed E-state index contributed by atoms with van der Waals surface area (Å²) in [7, 11) is 0. The first-order chi connectivity index (χ1) is 12.8. The molecule has 1 heterocycles. The van der Waals surface area contributed by atoms with Crippen molar-refractivity contribution in [3.8, 4) is 0 Å². The Morgan fingerprint density at radius 3 is 1.77 bits per heavy atom. The largest absolute Gasteiger partial charge is 0.243 e. The standard InChI is InChI=1S/C24H47N2/c1-4-6-8-10-12-13-14-15-17-19-24(3)26-22-21-25(23-26)20-18-16-11-9-7-5-2/h21-24H,4-20H2,1-3H3/q+1. The lowest BCUT2D eigenvalue weighted by Crippen LogP contribution is -2.31. The SMILES string of the molecule is CCCCCCCCCCCC(C)n1cc[n+](CCCCCCCC)c1. The molecule has 0 saturated carbocycles. The fraction of sp³-hybridized carbons (Fsp3) is 0.875. The minimum Gasteiger partial charge on any atom is -0.237 e. The van der Waals surface area contributed by atoms with E-state index in [2.05, 4.69) is 48.6 Å². The van der Waals surface area contributed by atoms with Crippen LogP contribution in [-0.4, -0.2) is 4.57 Å². The van der Waals surface area contributed by atoms with Gasteiger partial charge in [0.25, 0.3) is 0 Å². The Bertz CT molecular complexity index is 410. The van der Waals surface area contributed by atoms with Crippen LogP contribution in [0.5, 0.6) is 0 Å². The molecule has 0 aliphatic rings. The third kappa shape index (κ3) is 11.8. The summed E-state index contributed by atoms with van der Waals surface area (Å²) >= 11 is 0. The fourth-order valence-corrected chi connectivity index (χ4v) is 3.78. The molecule has 1 aromatic heterocycles. The van der Waals surface area contributed by atoms with Crippen LogP contribution in [0.15, 0.2) is 18.7 Å². The molecule has 0 aliphatic carbocycles. The molecule has 152 valence electrons. The number of aromatic nitrogens is 2. The molecule has 0 bridgehead atoms. The van der Waals surface area contributed by atoms with Crippen molar-refractivity contribution in [2.75, 3.05) is 0 Å². The number of rotatable bonds is 18. The van der Waals surface area contributed by atoms with E-state index in [9.17, 15) is 0 Å². The zero-order valence-electron chi connectivity index (χ0n) is 18.2. The highest BCUT2D eigenvalue weighted by Crippen LogP contribution is 2.16. The molecule has 0 aromatic carbocycles. The van der Waals surface area contributed by atoms with E-state index in [1.807, 2.05) is 0 Å². The number of hydrogen-bond acceptors (Lipinski definition) is 0. The highest BCUT2D eigenvalue weighted by Gasteiger charge is 2.11. The van der Waals surface area contributed by atoms with Gasteiger partial charge in [0.05, 0.1) is 12.6 Å². The Morgan fingerprint density at radius 1 is 0.692 bits per heavy atom. The third-order valence-electron chi connectivity index (χ3n) is 5.72. The summed E-state index contributed by atoms with van der Waals surface area (Å²) < 4.78 is 4.80. The molecule has 1 rings (SSSR count). The van der Waals surface area contributed by atoms with Crippen molar-refractivity contribution >= 4 is 0 Å². The van der Waals surface area contributed by atoms with Crippen LogP contribution in [-0.2, 0) is 6.54 Å². The number of nitrogens with zero attached hydrogens (tertiary/aromatic N) is 2. The summed E-state index contributed by atoms with van der Waals surface area (Å²) in [6.45, 7) is 8.14. The van der Waals surface area contributed by atoms with Crippen molar-refractivity contribution in [1.29, 1.82) is 0 Å². The van der Waals surface area contributed by atoms with Gasteiger partial charge in [0, 0.05) is 0 Å². The Hall–Kier alpha value is -0.790. The van der Waals surface area contributed by atoms with Crippen LogP contribution < -0.4 is 4.57 Å². The van der Waals surface area contributed by atoms with Gasteiger partial charge in [0.1, 0.15) is 12.4 Å². The van der Waals surface area contributed by atoms with Crippen molar-refractivity contribution in [3.63, 3.8) is 0 Å². The van der Waals surface area contributed by atoms with Crippen LogP contribution in [0.3, 0.4) is 0 Å². The molecule has 0 radical (unpaired) electrons. The van der Waals surface area contributed by atoms with Gasteiger partial charge in [-0.1, -0.05) is 90.9 Å². The minimum absolute atomic E-state index is 0.644. The first-order valence-corrected chi connectivity index (χ1v) is 11.8. The summed E-state index contributed by atoms with van der Waals surface area (Å²) in [5.74, 6) is 0. The van der Waals surface area contributed by atoms with Gasteiger partial charge in [0.2, 0.25) is 6.33 Å². The molecule has 0 aliphatic heterocycles. The van der Waals surface area contributed by atoms with E-state index in [0.717, 1.165) is 0 Å². The molecular weight excluding hydrogens is 316 g/mol. The smallest absolute Gasteiger partial charge is 0.237 e. The maximum absolute atomic E-state index is 2.42. The van der Waals surface area contributed by atoms with Crippen LogP contribution in [0.25, 0.3) is 0 Å². The predicted octanol–water partition coefficient (Wildman–Crippen LogP) is 7.62. The molecule has 1 unspecified atom stereocenters. The third-order valence-corrected chi connectivity index (χ3v) is 5.72. The fourth-order valence-electron chi connectivity index (χ4n) is 3.78. The Labute approximate surface area is 164 Å². The summed E-state index contributed by atoms with van der Waals surface area (Å²) in [4.78, 5) is 0. The van der Waals surface area contributed by atoms with Crippen molar-refractivity contribution in [3.05, 3.63) is 18.7 Å². The molecule has 0 fully saturated rings. The van der Waals surface area contributed by atoms with Gasteiger partial charge >= 0.3 is 0 Å². The van der Waals surface area contributed by atoms with E-state index in [0.29, 0.717) is 6.04 Å². The van der Waals surface area contributed by atoms with Crippen LogP contribution >= 0.6 is 0 Å². The zero-order valence-corrected chi connectivity index (χ0v) is 18.2. The summed E-state index contributed by atoms with van der Waals surface area (Å²) in [6, 6.07) is 0.644. The minimum atomic E-state index is 0.644. The molecular formula is C24H47N2+. The molecule has 0 amide bonds. The number of aryl methyl sites for hydroxylation is 1. The number of imidazole rings is 1. The average molecular weight is 364 g/mol. The maximum atomic E-state index is 2.42. The first kappa shape index (κ1) is 23.2. The Balaban J connectivity index is 2.03. The van der Waals surface area contributed by atoms with Crippen LogP contribution in [0.2, 0.25) is 0 Å². The lowest BCUT2D eigenvalue weighted by Gasteiger charge is -2.08. The van der Waals surface area contributed by atoms with E-state index < -0.39 is 0 Å². The summed E-state index contributed by atoms with van der Waals surface area (Å²) in [5, 5.41) is 0. The highest BCUT2D eigenvalue weighted by molar-refractivity contribution is 4.72. The first-order valence-electron chi connectivity index (χ1n) is 11.8. The van der Waals surface area contributed by atoms with Gasteiger partial charge in [-0.2, -0.15) is 0 Å². The van der Waals surface area contributed by atoms with E-state index in [-0.39, 0.29) is 0 Å². The molecule has 1 atom stereocenters. The van der Waals surface area contributed by atoms with Gasteiger partial charge in [-0.25, -0.2) is 9.13 Å². The van der Waals surface area contributed by atoms with Crippen molar-refractivity contribution in [2.45, 2.75) is 136 Å². The highest BCUT2D eigenvalue weighted by atomic mass is 15.1. The Morgan fingerprint density at radius 2 is 1.19 bits per heavy atom. The monoisotopic (exact) mass is 363 g/mol. The normalized spacial score (nSPS) is 12.6. The molecule has 0 spiro atoms. The van der Waals surface area contributed by atoms with Crippen LogP contribution in [0.4, 0.5) is 0 Å². The predicted molar refractivity (Wildman–Crippen MR) is 115 cm³/mol. The summed E-state index contributed by atoms with van der Waals surface area (Å²) in [6.07, 6.45) is 29.3. The number of hydrogen-bond donors (Lipinski definition) is 0. The molecule has 0 N–H and O–H groups in total. The van der Waals surface area contributed by atoms with Crippen molar-refractivity contribution in [1.82, 2.24) is 4.57 Å². The van der Waals surface area contributed by atoms with Gasteiger partial charge in [-0.3, -0.25) is 0 Å². The molecule has 1 aromatic rings. The van der Waals surface area contributed by atoms with Gasteiger partial charge in [0.15, 0.2) is 0 Å². The summed E-state index contributed by atoms with van der Waals surface area (Å²) in [5.41, 5.74) is 0. The van der Waals surface area contributed by atoms with E-state index in [4.69, 9.17) is 0 Å². The van der Waals surface area contributed by atoms with Crippen molar-refractivity contribution in [2.24, 2.45) is 0 Å². The topological polar surface area (TPSA) is 8.81 Å². The van der Waals surface area contributed by atoms with Gasteiger partial charge in [-0.15, -0.1) is 0 Å². The lowest BCUT2D eigenvalue weighted by atomic mass is 10.0. The zero-order chi connectivity index (χ0) is 18.9.